The third-order valence-corrected chi connectivity index (χ3v) is 4.77. The summed E-state index contributed by atoms with van der Waals surface area (Å²) < 4.78 is 16.2. The number of nitrogens with zero attached hydrogens (tertiary/aromatic N) is 2. The van der Waals surface area contributed by atoms with E-state index in [1.54, 1.807) is 6.07 Å². The Labute approximate surface area is 119 Å². The first-order chi connectivity index (χ1) is 8.38. The molecular weight excluding hydrogens is 344 g/mol. The molecule has 0 radical (unpaired) electrons. The van der Waals surface area contributed by atoms with Gasteiger partial charge in [-0.15, -0.1) is 0 Å². The van der Waals surface area contributed by atoms with Crippen LogP contribution in [0.15, 0.2) is 12.1 Å². The Hall–Kier alpha value is -0.850. The number of nitrogens with two attached hydrogens (primary N) is 1. The quantitative estimate of drug-likeness (QED) is 0.836. The van der Waals surface area contributed by atoms with Crippen molar-refractivity contribution >= 4 is 39.6 Å². The van der Waals surface area contributed by atoms with Crippen molar-refractivity contribution in [1.82, 2.24) is 9.55 Å². The van der Waals surface area contributed by atoms with Gasteiger partial charge in [-0.25, -0.2) is 9.37 Å². The molecule has 0 spiro atoms. The van der Waals surface area contributed by atoms with Crippen molar-refractivity contribution in [2.45, 2.75) is 26.8 Å². The summed E-state index contributed by atoms with van der Waals surface area (Å²) in [5.41, 5.74) is 7.90. The van der Waals surface area contributed by atoms with Crippen LogP contribution in [0.25, 0.3) is 11.0 Å². The van der Waals surface area contributed by atoms with E-state index in [4.69, 9.17) is 5.73 Å². The lowest BCUT2D eigenvalue weighted by atomic mass is 10.1. The average Bonchev–Trinajstić information content (AvgIpc) is 2.76. The predicted molar refractivity (Wildman–Crippen MR) is 78.7 cm³/mol. The van der Waals surface area contributed by atoms with Gasteiger partial charge in [0.05, 0.1) is 14.6 Å². The molecule has 5 heteroatoms. The molecule has 3 rings (SSSR count). The Morgan fingerprint density at radius 2 is 2.22 bits per heavy atom. The summed E-state index contributed by atoms with van der Waals surface area (Å²) in [6.45, 7) is 5.32. The summed E-state index contributed by atoms with van der Waals surface area (Å²) in [5, 5.41) is 0. The number of nitrogen functional groups attached to an aromatic ring is 1. The largest absolute Gasteiger partial charge is 0.369 e. The predicted octanol–water partition coefficient (Wildman–Crippen LogP) is 3.41. The summed E-state index contributed by atoms with van der Waals surface area (Å²) >= 11 is 1.97. The zero-order chi connectivity index (χ0) is 13.1. The molecule has 1 aromatic heterocycles. The first-order valence-electron chi connectivity index (χ1n) is 5.99. The maximum atomic E-state index is 13.7. The highest BCUT2D eigenvalue weighted by molar-refractivity contribution is 14.1. The highest BCUT2D eigenvalue weighted by atomic mass is 127. The molecule has 96 valence electrons. The van der Waals surface area contributed by atoms with Crippen molar-refractivity contribution in [1.29, 1.82) is 0 Å². The van der Waals surface area contributed by atoms with E-state index in [-0.39, 0.29) is 5.82 Å². The number of fused-ring (bicyclic) bond motifs is 1. The number of benzene rings is 1. The topological polar surface area (TPSA) is 43.8 Å². The second-order valence-electron chi connectivity index (χ2n) is 5.73. The van der Waals surface area contributed by atoms with Gasteiger partial charge in [-0.1, -0.05) is 13.8 Å². The molecule has 1 atom stereocenters. The minimum absolute atomic E-state index is 0.209. The van der Waals surface area contributed by atoms with E-state index >= 15 is 0 Å². The lowest BCUT2D eigenvalue weighted by Gasteiger charge is -2.08. The minimum atomic E-state index is -0.209. The monoisotopic (exact) mass is 359 g/mol. The summed E-state index contributed by atoms with van der Waals surface area (Å²) in [5.74, 6) is 0.882. The Bertz CT molecular complexity index is 633. The van der Waals surface area contributed by atoms with Crippen molar-refractivity contribution < 1.29 is 4.39 Å². The van der Waals surface area contributed by atoms with Crippen LogP contribution in [0.1, 0.15) is 20.3 Å². The molecule has 2 N–H and O–H groups in total. The normalized spacial score (nSPS) is 21.4. The smallest absolute Gasteiger partial charge is 0.201 e. The second kappa shape index (κ2) is 3.82. The number of hydrogen-bond acceptors (Lipinski definition) is 2. The van der Waals surface area contributed by atoms with E-state index in [1.165, 1.54) is 12.5 Å². The molecule has 1 fully saturated rings. The lowest BCUT2D eigenvalue weighted by Crippen LogP contribution is -2.07. The minimum Gasteiger partial charge on any atom is -0.369 e. The van der Waals surface area contributed by atoms with Gasteiger partial charge >= 0.3 is 0 Å². The van der Waals surface area contributed by atoms with Crippen LogP contribution in [-0.4, -0.2) is 9.55 Å². The van der Waals surface area contributed by atoms with Crippen LogP contribution in [-0.2, 0) is 6.54 Å². The Kier molecular flexibility index (Phi) is 2.59. The number of rotatable bonds is 2. The van der Waals surface area contributed by atoms with E-state index < -0.39 is 0 Å². The zero-order valence-corrected chi connectivity index (χ0v) is 12.5. The van der Waals surface area contributed by atoms with Crippen molar-refractivity contribution in [3.05, 3.63) is 21.5 Å². The molecule has 2 aromatic rings. The fourth-order valence-electron chi connectivity index (χ4n) is 2.44. The Morgan fingerprint density at radius 3 is 2.83 bits per heavy atom. The first-order valence-corrected chi connectivity index (χ1v) is 7.07. The van der Waals surface area contributed by atoms with Crippen molar-refractivity contribution in [3.63, 3.8) is 0 Å². The lowest BCUT2D eigenvalue weighted by molar-refractivity contribution is 0.507. The summed E-state index contributed by atoms with van der Waals surface area (Å²) in [6.07, 6.45) is 1.19. The van der Waals surface area contributed by atoms with Crippen LogP contribution in [0.3, 0.4) is 0 Å². The SMILES string of the molecule is CC1(C)CC1Cn1c(N)nc2cc(I)c(F)cc21. The molecule has 0 saturated heterocycles. The molecule has 1 heterocycles. The van der Waals surface area contributed by atoms with E-state index in [2.05, 4.69) is 18.8 Å². The molecule has 0 amide bonds. The Morgan fingerprint density at radius 1 is 1.56 bits per heavy atom. The number of anilines is 1. The fraction of sp³-hybridized carbons (Fsp3) is 0.462. The van der Waals surface area contributed by atoms with Gasteiger partial charge in [0, 0.05) is 12.6 Å². The summed E-state index contributed by atoms with van der Waals surface area (Å²) in [7, 11) is 0. The van der Waals surface area contributed by atoms with Gasteiger partial charge in [0.1, 0.15) is 5.82 Å². The average molecular weight is 359 g/mol. The third kappa shape index (κ3) is 1.88. The maximum absolute atomic E-state index is 13.7. The number of hydrogen-bond donors (Lipinski definition) is 1. The summed E-state index contributed by atoms with van der Waals surface area (Å²) in [4.78, 5) is 4.31. The molecule has 0 bridgehead atoms. The highest BCUT2D eigenvalue weighted by Gasteiger charge is 2.45. The summed E-state index contributed by atoms with van der Waals surface area (Å²) in [6, 6.07) is 3.28. The molecule has 18 heavy (non-hydrogen) atoms. The van der Waals surface area contributed by atoms with E-state index in [0.717, 1.165) is 17.6 Å². The molecule has 1 unspecified atom stereocenters. The van der Waals surface area contributed by atoms with Crippen LogP contribution in [0.4, 0.5) is 10.3 Å². The van der Waals surface area contributed by atoms with Crippen LogP contribution < -0.4 is 5.73 Å². The first kappa shape index (κ1) is 12.2. The molecule has 0 aliphatic heterocycles. The molecular formula is C13H15FIN3. The number of imidazole rings is 1. The number of aromatic nitrogens is 2. The molecule has 1 saturated carbocycles. The highest BCUT2D eigenvalue weighted by Crippen LogP contribution is 2.52. The van der Waals surface area contributed by atoms with Crippen LogP contribution in [0, 0.1) is 20.7 Å². The van der Waals surface area contributed by atoms with Gasteiger partial charge in [-0.2, -0.15) is 0 Å². The van der Waals surface area contributed by atoms with E-state index in [9.17, 15) is 4.39 Å². The van der Waals surface area contributed by atoms with Crippen LogP contribution in [0.2, 0.25) is 0 Å². The van der Waals surface area contributed by atoms with E-state index in [0.29, 0.717) is 20.9 Å². The van der Waals surface area contributed by atoms with Crippen LogP contribution >= 0.6 is 22.6 Å². The van der Waals surface area contributed by atoms with Gasteiger partial charge in [0.25, 0.3) is 0 Å². The second-order valence-corrected chi connectivity index (χ2v) is 6.89. The Balaban J connectivity index is 2.05. The van der Waals surface area contributed by atoms with Crippen molar-refractivity contribution in [2.75, 3.05) is 5.73 Å². The molecule has 1 aromatic carbocycles. The molecule has 1 aliphatic carbocycles. The number of halogens is 2. The third-order valence-electron chi connectivity index (χ3n) is 3.94. The van der Waals surface area contributed by atoms with Crippen LogP contribution in [0.5, 0.6) is 0 Å². The standard InChI is InChI=1S/C13H15FIN3/c1-13(2)5-7(13)6-18-11-3-8(14)9(15)4-10(11)17-12(18)16/h3-4,7H,5-6H2,1-2H3,(H2,16,17). The maximum Gasteiger partial charge on any atom is 0.201 e. The fourth-order valence-corrected chi connectivity index (χ4v) is 2.89. The van der Waals surface area contributed by atoms with Gasteiger partial charge in [-0.3, -0.25) is 0 Å². The van der Waals surface area contributed by atoms with Crippen molar-refractivity contribution in [2.24, 2.45) is 11.3 Å². The van der Waals surface area contributed by atoms with Gasteiger partial charge in [0.2, 0.25) is 5.95 Å². The van der Waals surface area contributed by atoms with Crippen molar-refractivity contribution in [3.8, 4) is 0 Å². The van der Waals surface area contributed by atoms with Gasteiger partial charge in [0.15, 0.2) is 0 Å². The van der Waals surface area contributed by atoms with Gasteiger partial charge in [-0.05, 0) is 46.4 Å². The molecule has 1 aliphatic rings. The van der Waals surface area contributed by atoms with E-state index in [1.807, 2.05) is 27.2 Å². The molecule has 3 nitrogen and oxygen atoms in total. The zero-order valence-electron chi connectivity index (χ0n) is 10.4. The van der Waals surface area contributed by atoms with Gasteiger partial charge < -0.3 is 10.3 Å².